The molecule has 0 aromatic heterocycles. The molecule has 18 heavy (non-hydrogen) atoms. The fourth-order valence-corrected chi connectivity index (χ4v) is 1.09. The smallest absolute Gasteiger partial charge is 0.357 e. The van der Waals surface area contributed by atoms with Gasteiger partial charge in [-0.05, 0) is 19.8 Å². The van der Waals surface area contributed by atoms with Crippen molar-refractivity contribution in [2.24, 2.45) is 11.6 Å². The van der Waals surface area contributed by atoms with Crippen molar-refractivity contribution in [3.05, 3.63) is 25.1 Å². The lowest BCUT2D eigenvalue weighted by atomic mass is 10.2. The molecule has 0 saturated heterocycles. The van der Waals surface area contributed by atoms with Gasteiger partial charge in [0.1, 0.15) is 0 Å². The Balaban J connectivity index is 0. The van der Waals surface area contributed by atoms with E-state index in [1.54, 1.807) is 6.92 Å². The molecule has 0 atom stereocenters. The van der Waals surface area contributed by atoms with Crippen LogP contribution >= 0.6 is 0 Å². The molecule has 4 N–H and O–H groups in total. The van der Waals surface area contributed by atoms with Crippen LogP contribution in [0.15, 0.2) is 25.1 Å². The second kappa shape index (κ2) is 13.1. The molecule has 0 unspecified atom stereocenters. The van der Waals surface area contributed by atoms with Gasteiger partial charge in [0.2, 0.25) is 0 Å². The molecule has 0 aliphatic heterocycles. The number of esters is 1. The third-order valence-corrected chi connectivity index (χ3v) is 1.89. The van der Waals surface area contributed by atoms with Crippen molar-refractivity contribution in [1.29, 1.82) is 5.26 Å². The Labute approximate surface area is 108 Å². The minimum Gasteiger partial charge on any atom is -0.461 e. The minimum atomic E-state index is -0.534. The van der Waals surface area contributed by atoms with Crippen molar-refractivity contribution in [3.8, 4) is 6.07 Å². The Bertz CT molecular complexity index is 297. The lowest BCUT2D eigenvalue weighted by molar-refractivity contribution is -0.140. The molecule has 0 rings (SSSR count). The summed E-state index contributed by atoms with van der Waals surface area (Å²) in [7, 11) is 0. The summed E-state index contributed by atoms with van der Waals surface area (Å²) < 4.78 is 4.78. The fourth-order valence-electron chi connectivity index (χ4n) is 1.09. The van der Waals surface area contributed by atoms with Crippen LogP contribution in [0.1, 0.15) is 26.2 Å². The predicted molar refractivity (Wildman–Crippen MR) is 70.5 cm³/mol. The normalized spacial score (nSPS) is 9.72. The van der Waals surface area contributed by atoms with E-state index in [9.17, 15) is 4.79 Å². The molecule has 0 aliphatic rings. The molecule has 102 valence electrons. The standard InChI is InChI=1S/C10H18N4O2.C2H4/c1-2-16-10(15)9(8-12)14(13)7-5-3-4-6-11;1-2/h8H,2-5,7,12-13H2,1H3;1-2H2/b9-8-;. The van der Waals surface area contributed by atoms with Crippen LogP contribution in [-0.2, 0) is 9.53 Å². The fraction of sp³-hybridized carbons (Fsp3) is 0.500. The molecule has 0 spiro atoms. The number of nitrogens with two attached hydrogens (primary N) is 2. The molecule has 0 saturated carbocycles. The van der Waals surface area contributed by atoms with Crippen LogP contribution in [0.5, 0.6) is 0 Å². The Morgan fingerprint density at radius 3 is 2.56 bits per heavy atom. The van der Waals surface area contributed by atoms with E-state index in [-0.39, 0.29) is 12.3 Å². The van der Waals surface area contributed by atoms with E-state index < -0.39 is 5.97 Å². The van der Waals surface area contributed by atoms with Crippen LogP contribution < -0.4 is 11.6 Å². The van der Waals surface area contributed by atoms with Crippen molar-refractivity contribution in [3.63, 3.8) is 0 Å². The van der Waals surface area contributed by atoms with Gasteiger partial charge in [0.15, 0.2) is 5.70 Å². The molecule has 0 fully saturated rings. The van der Waals surface area contributed by atoms with E-state index in [2.05, 4.69) is 13.2 Å². The highest BCUT2D eigenvalue weighted by Crippen LogP contribution is 2.03. The number of nitriles is 1. The average Bonchev–Trinajstić information content (AvgIpc) is 2.38. The summed E-state index contributed by atoms with van der Waals surface area (Å²) >= 11 is 0. The SMILES string of the molecule is C=C.CCOC(=O)/C(=C/N)N(N)CCCCC#N. The maximum Gasteiger partial charge on any atom is 0.357 e. The zero-order valence-electron chi connectivity index (χ0n) is 10.9. The van der Waals surface area contributed by atoms with Crippen molar-refractivity contribution in [1.82, 2.24) is 5.01 Å². The second-order valence-corrected chi connectivity index (χ2v) is 3.08. The van der Waals surface area contributed by atoms with Gasteiger partial charge in [-0.3, -0.25) is 0 Å². The molecule has 0 bridgehead atoms. The predicted octanol–water partition coefficient (Wildman–Crippen LogP) is 1.02. The summed E-state index contributed by atoms with van der Waals surface area (Å²) in [4.78, 5) is 11.4. The highest BCUT2D eigenvalue weighted by atomic mass is 16.5. The summed E-state index contributed by atoms with van der Waals surface area (Å²) in [6.45, 7) is 8.45. The van der Waals surface area contributed by atoms with E-state index in [0.717, 1.165) is 19.0 Å². The van der Waals surface area contributed by atoms with Gasteiger partial charge in [0.25, 0.3) is 0 Å². The monoisotopic (exact) mass is 254 g/mol. The first-order valence-electron chi connectivity index (χ1n) is 5.65. The summed E-state index contributed by atoms with van der Waals surface area (Å²) in [5, 5.41) is 9.59. The molecular formula is C12H22N4O2. The third-order valence-electron chi connectivity index (χ3n) is 1.89. The first-order valence-corrected chi connectivity index (χ1v) is 5.65. The molecule has 0 heterocycles. The number of hydrazine groups is 1. The van der Waals surface area contributed by atoms with Crippen molar-refractivity contribution < 1.29 is 9.53 Å². The van der Waals surface area contributed by atoms with Crippen LogP contribution in [0.25, 0.3) is 0 Å². The van der Waals surface area contributed by atoms with E-state index >= 15 is 0 Å². The zero-order valence-corrected chi connectivity index (χ0v) is 10.9. The minimum absolute atomic E-state index is 0.138. The number of hydrogen-bond acceptors (Lipinski definition) is 6. The highest BCUT2D eigenvalue weighted by molar-refractivity contribution is 5.87. The first-order chi connectivity index (χ1) is 8.67. The zero-order chi connectivity index (χ0) is 14.4. The summed E-state index contributed by atoms with van der Waals surface area (Å²) in [6, 6.07) is 2.04. The summed E-state index contributed by atoms with van der Waals surface area (Å²) in [5.74, 6) is 5.11. The van der Waals surface area contributed by atoms with E-state index in [1.165, 1.54) is 5.01 Å². The van der Waals surface area contributed by atoms with Gasteiger partial charge in [-0.2, -0.15) is 5.26 Å². The van der Waals surface area contributed by atoms with Gasteiger partial charge in [-0.25, -0.2) is 10.6 Å². The number of hydrogen-bond donors (Lipinski definition) is 2. The maximum atomic E-state index is 11.4. The van der Waals surface area contributed by atoms with Gasteiger partial charge in [0, 0.05) is 19.2 Å². The van der Waals surface area contributed by atoms with E-state index in [1.807, 2.05) is 6.07 Å². The quantitative estimate of drug-likeness (QED) is 0.175. The average molecular weight is 254 g/mol. The number of ether oxygens (including phenoxy) is 1. The number of carbonyl (C=O) groups is 1. The van der Waals surface area contributed by atoms with Gasteiger partial charge in [-0.15, -0.1) is 13.2 Å². The lowest BCUT2D eigenvalue weighted by Gasteiger charge is -2.19. The summed E-state index contributed by atoms with van der Waals surface area (Å²) in [5.41, 5.74) is 5.44. The number of unbranched alkanes of at least 4 members (excludes halogenated alkanes) is 2. The maximum absolute atomic E-state index is 11.4. The lowest BCUT2D eigenvalue weighted by Crippen LogP contribution is -2.36. The molecule has 0 radical (unpaired) electrons. The molecule has 0 amide bonds. The number of carbonyl (C=O) groups excluding carboxylic acids is 1. The molecule has 0 aromatic rings. The van der Waals surface area contributed by atoms with E-state index in [0.29, 0.717) is 13.0 Å². The molecular weight excluding hydrogens is 232 g/mol. The van der Waals surface area contributed by atoms with Crippen LogP contribution in [0.3, 0.4) is 0 Å². The third kappa shape index (κ3) is 8.19. The van der Waals surface area contributed by atoms with Crippen molar-refractivity contribution in [2.45, 2.75) is 26.2 Å². The van der Waals surface area contributed by atoms with Crippen LogP contribution in [-0.4, -0.2) is 24.1 Å². The van der Waals surface area contributed by atoms with Crippen LogP contribution in [0.4, 0.5) is 0 Å². The van der Waals surface area contributed by atoms with E-state index in [4.69, 9.17) is 21.6 Å². The highest BCUT2D eigenvalue weighted by Gasteiger charge is 2.14. The first kappa shape index (κ1) is 18.4. The largest absolute Gasteiger partial charge is 0.461 e. The van der Waals surface area contributed by atoms with Crippen molar-refractivity contribution >= 4 is 5.97 Å². The Morgan fingerprint density at radius 1 is 1.50 bits per heavy atom. The molecule has 6 heteroatoms. The van der Waals surface area contributed by atoms with Crippen LogP contribution in [0.2, 0.25) is 0 Å². The van der Waals surface area contributed by atoms with Crippen LogP contribution in [0, 0.1) is 11.3 Å². The second-order valence-electron chi connectivity index (χ2n) is 3.08. The molecule has 0 aromatic carbocycles. The van der Waals surface area contributed by atoms with Crippen molar-refractivity contribution in [2.75, 3.05) is 13.2 Å². The topological polar surface area (TPSA) is 105 Å². The van der Waals surface area contributed by atoms with Gasteiger partial charge in [-0.1, -0.05) is 0 Å². The van der Waals surface area contributed by atoms with Gasteiger partial charge < -0.3 is 15.5 Å². The number of rotatable bonds is 7. The number of nitrogens with zero attached hydrogens (tertiary/aromatic N) is 2. The Kier molecular flexibility index (Phi) is 13.3. The molecule has 6 nitrogen and oxygen atoms in total. The van der Waals surface area contributed by atoms with Gasteiger partial charge >= 0.3 is 5.97 Å². The summed E-state index contributed by atoms with van der Waals surface area (Å²) in [6.07, 6.45) is 3.07. The molecule has 0 aliphatic carbocycles. The Hall–Kier alpha value is -2.00. The Morgan fingerprint density at radius 2 is 2.11 bits per heavy atom. The van der Waals surface area contributed by atoms with Gasteiger partial charge in [0.05, 0.1) is 12.7 Å².